The number of nitrogens with zero attached hydrogens (tertiary/aromatic N) is 2. The maximum absolute atomic E-state index is 12.4. The lowest BCUT2D eigenvalue weighted by Crippen LogP contribution is -2.46. The number of carbonyl (C=O) groups is 3. The Labute approximate surface area is 158 Å². The molecule has 0 atom stereocenters. The molecule has 7 heteroatoms. The Morgan fingerprint density at radius 3 is 2.67 bits per heavy atom. The summed E-state index contributed by atoms with van der Waals surface area (Å²) in [5.41, 5.74) is 2.85. The minimum absolute atomic E-state index is 0.0196. The standard InChI is InChI=1S/C20H25N3O4/c24-18-11-21-20(26)23(18)12-19(25)22-8-6-14(7-9-22)13-27-17-5-4-15-2-1-3-16(15)10-17/h4-5,10,14H,1-3,6-9,11-13H2,(H,21,26). The van der Waals surface area contributed by atoms with E-state index in [1.54, 1.807) is 4.90 Å². The van der Waals surface area contributed by atoms with E-state index < -0.39 is 6.03 Å². The number of hydrogen-bond acceptors (Lipinski definition) is 4. The SMILES string of the molecule is O=C(CN1C(=O)CNC1=O)N1CCC(COc2ccc3c(c2)CCC3)CC1. The van der Waals surface area contributed by atoms with Crippen LogP contribution in [0.5, 0.6) is 5.75 Å². The van der Waals surface area contributed by atoms with E-state index in [1.165, 1.54) is 24.0 Å². The van der Waals surface area contributed by atoms with Crippen molar-refractivity contribution in [2.24, 2.45) is 5.92 Å². The number of piperidine rings is 1. The Morgan fingerprint density at radius 2 is 1.93 bits per heavy atom. The fourth-order valence-electron chi connectivity index (χ4n) is 4.05. The first-order valence-corrected chi connectivity index (χ1v) is 9.71. The van der Waals surface area contributed by atoms with E-state index in [2.05, 4.69) is 23.5 Å². The number of nitrogens with one attached hydrogen (secondary N) is 1. The zero-order valence-corrected chi connectivity index (χ0v) is 15.4. The van der Waals surface area contributed by atoms with Crippen molar-refractivity contribution >= 4 is 17.8 Å². The summed E-state index contributed by atoms with van der Waals surface area (Å²) in [4.78, 5) is 38.2. The van der Waals surface area contributed by atoms with Gasteiger partial charge in [-0.15, -0.1) is 0 Å². The number of carbonyl (C=O) groups excluding carboxylic acids is 3. The highest BCUT2D eigenvalue weighted by Crippen LogP contribution is 2.27. The van der Waals surface area contributed by atoms with Crippen LogP contribution in [0.1, 0.15) is 30.4 Å². The van der Waals surface area contributed by atoms with Gasteiger partial charge >= 0.3 is 6.03 Å². The molecule has 4 amide bonds. The number of likely N-dealkylation sites (tertiary alicyclic amines) is 1. The number of ether oxygens (including phenoxy) is 1. The van der Waals surface area contributed by atoms with Gasteiger partial charge in [-0.2, -0.15) is 0 Å². The molecule has 144 valence electrons. The summed E-state index contributed by atoms with van der Waals surface area (Å²) in [7, 11) is 0. The zero-order valence-electron chi connectivity index (χ0n) is 15.4. The average Bonchev–Trinajstić information content (AvgIpc) is 3.28. The van der Waals surface area contributed by atoms with Crippen molar-refractivity contribution in [3.63, 3.8) is 0 Å². The van der Waals surface area contributed by atoms with Crippen molar-refractivity contribution in [2.45, 2.75) is 32.1 Å². The summed E-state index contributed by atoms with van der Waals surface area (Å²) in [6.07, 6.45) is 5.29. The number of hydrogen-bond donors (Lipinski definition) is 1. The van der Waals surface area contributed by atoms with Crippen LogP contribution in [0, 0.1) is 5.92 Å². The normalized spacial score (nSPS) is 20.0. The molecule has 3 aliphatic rings. The number of benzene rings is 1. The van der Waals surface area contributed by atoms with Crippen LogP contribution in [0.2, 0.25) is 0 Å². The second kappa shape index (κ2) is 7.58. The fraction of sp³-hybridized carbons (Fsp3) is 0.550. The van der Waals surface area contributed by atoms with Crippen LogP contribution >= 0.6 is 0 Å². The van der Waals surface area contributed by atoms with Crippen LogP contribution < -0.4 is 10.1 Å². The Balaban J connectivity index is 1.22. The molecule has 0 radical (unpaired) electrons. The van der Waals surface area contributed by atoms with Crippen LogP contribution in [-0.2, 0) is 22.4 Å². The van der Waals surface area contributed by atoms with E-state index in [0.29, 0.717) is 25.6 Å². The first-order chi connectivity index (χ1) is 13.1. The van der Waals surface area contributed by atoms with Gasteiger partial charge in [0.25, 0.3) is 5.91 Å². The zero-order chi connectivity index (χ0) is 18.8. The predicted octanol–water partition coefficient (Wildman–Crippen LogP) is 1.34. The molecule has 0 unspecified atom stereocenters. The third-order valence-corrected chi connectivity index (χ3v) is 5.75. The summed E-state index contributed by atoms with van der Waals surface area (Å²) >= 11 is 0. The second-order valence-corrected chi connectivity index (χ2v) is 7.56. The third kappa shape index (κ3) is 3.91. The van der Waals surface area contributed by atoms with Gasteiger partial charge < -0.3 is 15.0 Å². The van der Waals surface area contributed by atoms with Crippen LogP contribution in [-0.4, -0.2) is 60.4 Å². The van der Waals surface area contributed by atoms with Crippen LogP contribution in [0.15, 0.2) is 18.2 Å². The quantitative estimate of drug-likeness (QED) is 0.793. The lowest BCUT2D eigenvalue weighted by molar-refractivity contribution is -0.137. The molecule has 2 heterocycles. The second-order valence-electron chi connectivity index (χ2n) is 7.56. The highest BCUT2D eigenvalue weighted by atomic mass is 16.5. The average molecular weight is 371 g/mol. The monoisotopic (exact) mass is 371 g/mol. The Kier molecular flexibility index (Phi) is 5.01. The molecule has 7 nitrogen and oxygen atoms in total. The fourth-order valence-corrected chi connectivity index (χ4v) is 4.05. The molecule has 0 bridgehead atoms. The molecular formula is C20H25N3O4. The van der Waals surface area contributed by atoms with Gasteiger partial charge in [-0.1, -0.05) is 6.07 Å². The number of aryl methyl sites for hydroxylation is 2. The van der Waals surface area contributed by atoms with Crippen molar-refractivity contribution in [3.8, 4) is 5.75 Å². The first kappa shape index (κ1) is 17.8. The van der Waals surface area contributed by atoms with Gasteiger partial charge in [0, 0.05) is 13.1 Å². The predicted molar refractivity (Wildman–Crippen MR) is 98.4 cm³/mol. The number of amides is 4. The van der Waals surface area contributed by atoms with E-state index in [4.69, 9.17) is 4.74 Å². The molecular weight excluding hydrogens is 346 g/mol. The lowest BCUT2D eigenvalue weighted by atomic mass is 9.97. The molecule has 1 N–H and O–H groups in total. The van der Waals surface area contributed by atoms with Gasteiger partial charge in [0.2, 0.25) is 5.91 Å². The van der Waals surface area contributed by atoms with Gasteiger partial charge in [-0.05, 0) is 61.3 Å². The van der Waals surface area contributed by atoms with Crippen molar-refractivity contribution in [1.29, 1.82) is 0 Å². The van der Waals surface area contributed by atoms with E-state index in [1.807, 2.05) is 0 Å². The molecule has 4 rings (SSSR count). The Hall–Kier alpha value is -2.57. The van der Waals surface area contributed by atoms with E-state index >= 15 is 0 Å². The Bertz CT molecular complexity index is 740. The van der Waals surface area contributed by atoms with Gasteiger partial charge in [0.15, 0.2) is 0 Å². The van der Waals surface area contributed by atoms with Crippen molar-refractivity contribution in [2.75, 3.05) is 32.8 Å². The molecule has 1 aromatic rings. The molecule has 0 saturated carbocycles. The smallest absolute Gasteiger partial charge is 0.325 e. The lowest BCUT2D eigenvalue weighted by Gasteiger charge is -2.32. The molecule has 27 heavy (non-hydrogen) atoms. The highest BCUT2D eigenvalue weighted by molar-refractivity contribution is 6.04. The maximum Gasteiger partial charge on any atom is 0.325 e. The summed E-state index contributed by atoms with van der Waals surface area (Å²) in [5.74, 6) is 0.844. The Morgan fingerprint density at radius 1 is 1.15 bits per heavy atom. The molecule has 0 spiro atoms. The van der Waals surface area contributed by atoms with Gasteiger partial charge in [-0.25, -0.2) is 4.79 Å². The van der Waals surface area contributed by atoms with Crippen molar-refractivity contribution < 1.29 is 19.1 Å². The van der Waals surface area contributed by atoms with Gasteiger partial charge in [0.1, 0.15) is 12.3 Å². The first-order valence-electron chi connectivity index (χ1n) is 9.71. The van der Waals surface area contributed by atoms with Gasteiger partial charge in [-0.3, -0.25) is 14.5 Å². The summed E-state index contributed by atoms with van der Waals surface area (Å²) in [5, 5.41) is 2.43. The minimum Gasteiger partial charge on any atom is -0.493 e. The largest absolute Gasteiger partial charge is 0.493 e. The molecule has 2 fully saturated rings. The number of imide groups is 1. The third-order valence-electron chi connectivity index (χ3n) is 5.75. The molecule has 1 aromatic carbocycles. The summed E-state index contributed by atoms with van der Waals surface area (Å²) in [6.45, 7) is 1.75. The van der Waals surface area contributed by atoms with E-state index in [-0.39, 0.29) is 24.9 Å². The van der Waals surface area contributed by atoms with Gasteiger partial charge in [0.05, 0.1) is 13.2 Å². The minimum atomic E-state index is -0.481. The number of rotatable bonds is 5. The highest BCUT2D eigenvalue weighted by Gasteiger charge is 2.32. The molecule has 2 aliphatic heterocycles. The summed E-state index contributed by atoms with van der Waals surface area (Å²) in [6, 6.07) is 5.92. The molecule has 0 aromatic heterocycles. The van der Waals surface area contributed by atoms with E-state index in [9.17, 15) is 14.4 Å². The maximum atomic E-state index is 12.4. The van der Waals surface area contributed by atoms with Crippen molar-refractivity contribution in [3.05, 3.63) is 29.3 Å². The van der Waals surface area contributed by atoms with Crippen molar-refractivity contribution in [1.82, 2.24) is 15.1 Å². The summed E-state index contributed by atoms with van der Waals surface area (Å²) < 4.78 is 5.99. The number of fused-ring (bicyclic) bond motifs is 1. The molecule has 1 aliphatic carbocycles. The molecule has 2 saturated heterocycles. The van der Waals surface area contributed by atoms with Crippen LogP contribution in [0.3, 0.4) is 0 Å². The van der Waals surface area contributed by atoms with Crippen LogP contribution in [0.25, 0.3) is 0 Å². The van der Waals surface area contributed by atoms with E-state index in [0.717, 1.165) is 29.9 Å². The van der Waals surface area contributed by atoms with Crippen LogP contribution in [0.4, 0.5) is 4.79 Å². The number of urea groups is 1. The topological polar surface area (TPSA) is 79.0 Å².